The summed E-state index contributed by atoms with van der Waals surface area (Å²) >= 11 is 0. The summed E-state index contributed by atoms with van der Waals surface area (Å²) in [6.45, 7) is 2.07. The predicted octanol–water partition coefficient (Wildman–Crippen LogP) is 5.43. The molecule has 29 heavy (non-hydrogen) atoms. The molecule has 146 valence electrons. The molecule has 1 fully saturated rings. The van der Waals surface area contributed by atoms with Gasteiger partial charge in [-0.1, -0.05) is 42.7 Å². The number of aromatic hydroxyl groups is 1. The first-order chi connectivity index (χ1) is 14.2. The number of imidazole rings is 1. The van der Waals surface area contributed by atoms with Crippen LogP contribution in [0.15, 0.2) is 60.9 Å². The third-order valence-electron chi connectivity index (χ3n) is 5.69. The summed E-state index contributed by atoms with van der Waals surface area (Å²) in [5.41, 5.74) is 5.61. The smallest absolute Gasteiger partial charge is 0.180 e. The van der Waals surface area contributed by atoms with Gasteiger partial charge in [0.1, 0.15) is 5.82 Å². The molecule has 0 bridgehead atoms. The van der Waals surface area contributed by atoms with Gasteiger partial charge in [0.2, 0.25) is 0 Å². The number of nitrogens with zero attached hydrogens (tertiary/aromatic N) is 3. The zero-order valence-corrected chi connectivity index (χ0v) is 16.5. The Morgan fingerprint density at radius 2 is 1.83 bits per heavy atom. The van der Waals surface area contributed by atoms with Crippen LogP contribution >= 0.6 is 0 Å². The second-order valence-electron chi connectivity index (χ2n) is 7.82. The van der Waals surface area contributed by atoms with Gasteiger partial charge in [-0.25, -0.2) is 9.97 Å². The van der Waals surface area contributed by atoms with E-state index in [0.29, 0.717) is 11.7 Å². The van der Waals surface area contributed by atoms with E-state index < -0.39 is 0 Å². The number of rotatable bonds is 4. The van der Waals surface area contributed by atoms with Crippen molar-refractivity contribution in [2.75, 3.05) is 5.32 Å². The monoisotopic (exact) mass is 384 g/mol. The molecule has 1 aromatic carbocycles. The maximum Gasteiger partial charge on any atom is 0.180 e. The minimum absolute atomic E-state index is 0.172. The first-order valence-electron chi connectivity index (χ1n) is 10.2. The van der Waals surface area contributed by atoms with E-state index in [1.54, 1.807) is 6.07 Å². The lowest BCUT2D eigenvalue weighted by Gasteiger charge is -2.14. The molecule has 0 unspecified atom stereocenters. The second kappa shape index (κ2) is 7.24. The Morgan fingerprint density at radius 3 is 2.62 bits per heavy atom. The maximum atomic E-state index is 10.4. The summed E-state index contributed by atoms with van der Waals surface area (Å²) < 4.78 is 1.96. The van der Waals surface area contributed by atoms with Crippen LogP contribution < -0.4 is 5.32 Å². The van der Waals surface area contributed by atoms with Crippen LogP contribution in [0.5, 0.6) is 5.75 Å². The van der Waals surface area contributed by atoms with Crippen molar-refractivity contribution < 1.29 is 5.11 Å². The van der Waals surface area contributed by atoms with Gasteiger partial charge in [-0.05, 0) is 44.0 Å². The predicted molar refractivity (Wildman–Crippen MR) is 116 cm³/mol. The van der Waals surface area contributed by atoms with Crippen molar-refractivity contribution in [3.8, 4) is 28.3 Å². The molecule has 0 aliphatic heterocycles. The van der Waals surface area contributed by atoms with Crippen molar-refractivity contribution in [3.63, 3.8) is 0 Å². The van der Waals surface area contributed by atoms with E-state index in [-0.39, 0.29) is 5.75 Å². The number of anilines is 1. The summed E-state index contributed by atoms with van der Waals surface area (Å²) in [6, 6.07) is 16.4. The average Bonchev–Trinajstić information content (AvgIpc) is 3.37. The Morgan fingerprint density at radius 1 is 1.03 bits per heavy atom. The van der Waals surface area contributed by atoms with Crippen molar-refractivity contribution in [1.29, 1.82) is 0 Å². The Kier molecular flexibility index (Phi) is 4.43. The number of hydrogen-bond acceptors (Lipinski definition) is 4. The zero-order chi connectivity index (χ0) is 19.8. The molecule has 4 aromatic rings. The van der Waals surface area contributed by atoms with Crippen molar-refractivity contribution in [1.82, 2.24) is 14.4 Å². The van der Waals surface area contributed by atoms with E-state index in [1.165, 1.54) is 31.2 Å². The molecule has 2 N–H and O–H groups in total. The van der Waals surface area contributed by atoms with E-state index in [0.717, 1.165) is 28.3 Å². The van der Waals surface area contributed by atoms with Gasteiger partial charge < -0.3 is 10.4 Å². The molecule has 3 heterocycles. The minimum atomic E-state index is 0.172. The molecular formula is C24H24N4O. The summed E-state index contributed by atoms with van der Waals surface area (Å²) in [4.78, 5) is 9.33. The van der Waals surface area contributed by atoms with Crippen molar-refractivity contribution >= 4 is 11.5 Å². The molecule has 5 heteroatoms. The van der Waals surface area contributed by atoms with Gasteiger partial charge in [-0.3, -0.25) is 4.40 Å². The highest BCUT2D eigenvalue weighted by molar-refractivity contribution is 5.84. The van der Waals surface area contributed by atoms with Crippen LogP contribution in [0.25, 0.3) is 28.2 Å². The third-order valence-corrected chi connectivity index (χ3v) is 5.69. The van der Waals surface area contributed by atoms with E-state index in [2.05, 4.69) is 47.6 Å². The largest absolute Gasteiger partial charge is 0.504 e. The topological polar surface area (TPSA) is 62.5 Å². The molecule has 0 amide bonds. The van der Waals surface area contributed by atoms with Crippen LogP contribution in [0.1, 0.15) is 31.2 Å². The summed E-state index contributed by atoms with van der Waals surface area (Å²) in [7, 11) is 0. The van der Waals surface area contributed by atoms with Crippen LogP contribution in [0.4, 0.5) is 5.82 Å². The van der Waals surface area contributed by atoms with Gasteiger partial charge >= 0.3 is 0 Å². The Balaban J connectivity index is 1.66. The van der Waals surface area contributed by atoms with Gasteiger partial charge in [0.15, 0.2) is 11.4 Å². The fraction of sp³-hybridized carbons (Fsp3) is 0.250. The fourth-order valence-electron chi connectivity index (χ4n) is 4.18. The normalized spacial score (nSPS) is 14.5. The first-order valence-corrected chi connectivity index (χ1v) is 10.2. The Hall–Kier alpha value is -3.34. The van der Waals surface area contributed by atoms with Gasteiger partial charge in [0.25, 0.3) is 0 Å². The summed E-state index contributed by atoms with van der Waals surface area (Å²) in [5, 5.41) is 14.0. The van der Waals surface area contributed by atoms with Crippen LogP contribution in [0.2, 0.25) is 0 Å². The van der Waals surface area contributed by atoms with Crippen LogP contribution in [0, 0.1) is 6.92 Å². The molecule has 1 saturated carbocycles. The van der Waals surface area contributed by atoms with Gasteiger partial charge in [0.05, 0.1) is 11.4 Å². The molecule has 5 nitrogen and oxygen atoms in total. The van der Waals surface area contributed by atoms with Gasteiger partial charge in [-0.15, -0.1) is 0 Å². The number of aryl methyl sites for hydroxylation is 1. The number of nitrogens with one attached hydrogen (secondary N) is 1. The fourth-order valence-corrected chi connectivity index (χ4v) is 4.18. The highest BCUT2D eigenvalue weighted by atomic mass is 16.3. The highest BCUT2D eigenvalue weighted by Crippen LogP contribution is 2.36. The number of pyridine rings is 2. The van der Waals surface area contributed by atoms with E-state index in [9.17, 15) is 5.11 Å². The van der Waals surface area contributed by atoms with Crippen molar-refractivity contribution in [2.45, 2.75) is 38.6 Å². The first kappa shape index (κ1) is 17.7. The Labute approximate surface area is 170 Å². The van der Waals surface area contributed by atoms with Crippen molar-refractivity contribution in [2.24, 2.45) is 0 Å². The van der Waals surface area contributed by atoms with Crippen LogP contribution in [0.3, 0.4) is 0 Å². The Bertz CT molecular complexity index is 1160. The average molecular weight is 384 g/mol. The number of benzene rings is 1. The van der Waals surface area contributed by atoms with E-state index >= 15 is 0 Å². The molecule has 1 aliphatic carbocycles. The second-order valence-corrected chi connectivity index (χ2v) is 7.82. The molecule has 3 aromatic heterocycles. The summed E-state index contributed by atoms with van der Waals surface area (Å²) in [5.74, 6) is 1.06. The lowest BCUT2D eigenvalue weighted by atomic mass is 10.0. The lowest BCUT2D eigenvalue weighted by Crippen LogP contribution is -2.15. The number of fused-ring (bicyclic) bond motifs is 1. The number of aromatic nitrogens is 3. The number of hydrogen-bond donors (Lipinski definition) is 2. The van der Waals surface area contributed by atoms with Crippen LogP contribution in [-0.2, 0) is 0 Å². The minimum Gasteiger partial charge on any atom is -0.504 e. The van der Waals surface area contributed by atoms with Gasteiger partial charge in [0, 0.05) is 29.6 Å². The van der Waals surface area contributed by atoms with E-state index in [1.807, 2.05) is 28.9 Å². The molecule has 0 saturated heterocycles. The SMILES string of the molecule is Cc1ccc(-c2nc3c(O)cccn3c2-c2ccnc(NC3CCCC3)c2)cc1. The molecule has 0 radical (unpaired) electrons. The highest BCUT2D eigenvalue weighted by Gasteiger charge is 2.19. The molecule has 0 atom stereocenters. The van der Waals surface area contributed by atoms with Crippen LogP contribution in [-0.4, -0.2) is 25.5 Å². The van der Waals surface area contributed by atoms with E-state index in [4.69, 9.17) is 4.98 Å². The lowest BCUT2D eigenvalue weighted by molar-refractivity contribution is 0.477. The third kappa shape index (κ3) is 3.33. The standard InChI is InChI=1S/C24H24N4O/c1-16-8-10-17(11-9-16)22-23(28-14-4-7-20(29)24(28)27-22)18-12-13-25-21(15-18)26-19-5-2-3-6-19/h4,7-15,19,29H,2-3,5-6H2,1H3,(H,25,26). The molecular weight excluding hydrogens is 360 g/mol. The maximum absolute atomic E-state index is 10.4. The quantitative estimate of drug-likeness (QED) is 0.492. The molecule has 0 spiro atoms. The van der Waals surface area contributed by atoms with Gasteiger partial charge in [-0.2, -0.15) is 0 Å². The van der Waals surface area contributed by atoms with Crippen molar-refractivity contribution in [3.05, 3.63) is 66.5 Å². The molecule has 1 aliphatic rings. The zero-order valence-electron chi connectivity index (χ0n) is 16.5. The molecule has 5 rings (SSSR count). The summed E-state index contributed by atoms with van der Waals surface area (Å²) in [6.07, 6.45) is 8.74.